The summed E-state index contributed by atoms with van der Waals surface area (Å²) in [4.78, 5) is 8.87. The second-order valence-corrected chi connectivity index (χ2v) is 7.72. The monoisotopic (exact) mass is 401 g/mol. The quantitative estimate of drug-likeness (QED) is 0.478. The van der Waals surface area contributed by atoms with Crippen LogP contribution in [0.5, 0.6) is 5.75 Å². The number of rotatable bonds is 7. The lowest BCUT2D eigenvalue weighted by Gasteiger charge is -2.23. The van der Waals surface area contributed by atoms with E-state index in [0.717, 1.165) is 40.3 Å². The number of fused-ring (bicyclic) bond motifs is 1. The van der Waals surface area contributed by atoms with Crippen LogP contribution < -0.4 is 10.1 Å². The average molecular weight is 402 g/mol. The van der Waals surface area contributed by atoms with Crippen molar-refractivity contribution in [2.24, 2.45) is 13.0 Å². The predicted molar refractivity (Wildman–Crippen MR) is 121 cm³/mol. The van der Waals surface area contributed by atoms with Crippen LogP contribution in [0.1, 0.15) is 25.3 Å². The highest BCUT2D eigenvalue weighted by Gasteiger charge is 2.18. The fraction of sp³-hybridized carbons (Fsp3) is 0.292. The van der Waals surface area contributed by atoms with Crippen molar-refractivity contribution in [1.29, 1.82) is 0 Å². The Hall–Kier alpha value is -3.41. The molecule has 0 amide bonds. The first kappa shape index (κ1) is 19.9. The molecule has 30 heavy (non-hydrogen) atoms. The van der Waals surface area contributed by atoms with Crippen molar-refractivity contribution in [2.45, 2.75) is 19.8 Å². The molecule has 6 heteroatoms. The molecule has 1 N–H and O–H groups in total. The van der Waals surface area contributed by atoms with Crippen LogP contribution in [0.2, 0.25) is 0 Å². The second kappa shape index (κ2) is 8.53. The van der Waals surface area contributed by atoms with Gasteiger partial charge in [0.1, 0.15) is 17.9 Å². The molecule has 4 aromatic rings. The number of hydrogen-bond acceptors (Lipinski definition) is 5. The number of nitrogens with one attached hydrogen (secondary N) is 1. The lowest BCUT2D eigenvalue weighted by atomic mass is 9.88. The number of aryl methyl sites for hydroxylation is 1. The summed E-state index contributed by atoms with van der Waals surface area (Å²) in [5.74, 6) is 2.51. The van der Waals surface area contributed by atoms with Crippen molar-refractivity contribution in [3.63, 3.8) is 0 Å². The average Bonchev–Trinajstić information content (AvgIpc) is 3.17. The van der Waals surface area contributed by atoms with Gasteiger partial charge in [0.15, 0.2) is 0 Å². The van der Waals surface area contributed by atoms with Gasteiger partial charge in [-0.15, -0.1) is 0 Å². The van der Waals surface area contributed by atoms with E-state index in [9.17, 15) is 0 Å². The standard InChI is InChI=1S/C24H27N5O/c1-16(17(2)20-7-5-6-8-23(20)30-4)13-25-24-12-21(26-15-27-24)18-9-10-22-19(11-18)14-28-29(22)3/h5-12,14-17H,13H2,1-4H3,(H,25,26,27)/t16?,17-/m1/s1. The summed E-state index contributed by atoms with van der Waals surface area (Å²) in [6, 6.07) is 16.5. The molecule has 0 radical (unpaired) electrons. The van der Waals surface area contributed by atoms with Crippen LogP contribution in [0.3, 0.4) is 0 Å². The molecule has 6 nitrogen and oxygen atoms in total. The van der Waals surface area contributed by atoms with E-state index in [1.54, 1.807) is 13.4 Å². The van der Waals surface area contributed by atoms with Crippen molar-refractivity contribution in [3.05, 3.63) is 66.6 Å². The smallest absolute Gasteiger partial charge is 0.129 e. The Balaban J connectivity index is 1.47. The van der Waals surface area contributed by atoms with E-state index in [4.69, 9.17) is 4.74 Å². The molecule has 2 atom stereocenters. The fourth-order valence-electron chi connectivity index (χ4n) is 3.73. The summed E-state index contributed by atoms with van der Waals surface area (Å²) < 4.78 is 7.40. The number of nitrogens with zero attached hydrogens (tertiary/aromatic N) is 4. The minimum atomic E-state index is 0.350. The van der Waals surface area contributed by atoms with Gasteiger partial charge in [-0.05, 0) is 35.6 Å². The number of aromatic nitrogens is 4. The van der Waals surface area contributed by atoms with Crippen molar-refractivity contribution in [2.75, 3.05) is 19.0 Å². The number of benzene rings is 2. The highest BCUT2D eigenvalue weighted by molar-refractivity contribution is 5.84. The molecule has 2 heterocycles. The normalized spacial score (nSPS) is 13.2. The summed E-state index contributed by atoms with van der Waals surface area (Å²) in [6.07, 6.45) is 3.49. The van der Waals surface area contributed by atoms with E-state index in [2.05, 4.69) is 64.6 Å². The molecule has 0 aliphatic carbocycles. The molecule has 0 saturated heterocycles. The zero-order valence-electron chi connectivity index (χ0n) is 17.8. The maximum atomic E-state index is 5.53. The first-order chi connectivity index (χ1) is 14.6. The van der Waals surface area contributed by atoms with Gasteiger partial charge in [0, 0.05) is 30.6 Å². The number of ether oxygens (including phenoxy) is 1. The van der Waals surface area contributed by atoms with E-state index >= 15 is 0 Å². The second-order valence-electron chi connectivity index (χ2n) is 7.72. The van der Waals surface area contributed by atoms with E-state index < -0.39 is 0 Å². The predicted octanol–water partition coefficient (Wildman–Crippen LogP) is 4.89. The molecule has 4 rings (SSSR count). The molecule has 0 bridgehead atoms. The Morgan fingerprint density at radius 3 is 2.73 bits per heavy atom. The van der Waals surface area contributed by atoms with Gasteiger partial charge in [-0.3, -0.25) is 4.68 Å². The Bertz CT molecular complexity index is 1150. The Kier molecular flexibility index (Phi) is 5.65. The van der Waals surface area contributed by atoms with E-state index in [1.807, 2.05) is 36.1 Å². The number of hydrogen-bond donors (Lipinski definition) is 1. The summed E-state index contributed by atoms with van der Waals surface area (Å²) in [5, 5.41) is 8.89. The summed E-state index contributed by atoms with van der Waals surface area (Å²) in [6.45, 7) is 5.28. The van der Waals surface area contributed by atoms with Gasteiger partial charge in [-0.1, -0.05) is 38.1 Å². The maximum absolute atomic E-state index is 5.53. The third kappa shape index (κ3) is 3.99. The van der Waals surface area contributed by atoms with Crippen molar-refractivity contribution in [1.82, 2.24) is 19.7 Å². The zero-order valence-corrected chi connectivity index (χ0v) is 17.8. The third-order valence-corrected chi connectivity index (χ3v) is 5.80. The molecule has 2 aromatic carbocycles. The molecular weight excluding hydrogens is 374 g/mol. The molecule has 1 unspecified atom stereocenters. The maximum Gasteiger partial charge on any atom is 0.129 e. The highest BCUT2D eigenvalue weighted by atomic mass is 16.5. The van der Waals surface area contributed by atoms with Crippen LogP contribution in [-0.2, 0) is 7.05 Å². The minimum Gasteiger partial charge on any atom is -0.496 e. The van der Waals surface area contributed by atoms with E-state index in [-0.39, 0.29) is 0 Å². The van der Waals surface area contributed by atoms with Crippen LogP contribution in [0.15, 0.2) is 61.1 Å². The molecular formula is C24H27N5O. The van der Waals surface area contributed by atoms with Gasteiger partial charge < -0.3 is 10.1 Å². The van der Waals surface area contributed by atoms with Crippen molar-refractivity contribution >= 4 is 16.7 Å². The molecule has 0 aliphatic rings. The van der Waals surface area contributed by atoms with E-state index in [1.165, 1.54) is 5.56 Å². The first-order valence-corrected chi connectivity index (χ1v) is 10.2. The zero-order chi connectivity index (χ0) is 21.1. The van der Waals surface area contributed by atoms with Crippen molar-refractivity contribution < 1.29 is 4.74 Å². The topological polar surface area (TPSA) is 64.9 Å². The molecule has 2 aromatic heterocycles. The van der Waals surface area contributed by atoms with Crippen LogP contribution >= 0.6 is 0 Å². The number of methoxy groups -OCH3 is 1. The van der Waals surface area contributed by atoms with Gasteiger partial charge in [-0.2, -0.15) is 5.10 Å². The van der Waals surface area contributed by atoms with Crippen LogP contribution in [0.25, 0.3) is 22.2 Å². The van der Waals surface area contributed by atoms with Crippen LogP contribution in [-0.4, -0.2) is 33.4 Å². The van der Waals surface area contributed by atoms with Gasteiger partial charge in [0.2, 0.25) is 0 Å². The third-order valence-electron chi connectivity index (χ3n) is 5.80. The first-order valence-electron chi connectivity index (χ1n) is 10.2. The van der Waals surface area contributed by atoms with Gasteiger partial charge in [0.05, 0.1) is 24.5 Å². The number of para-hydroxylation sites is 1. The fourth-order valence-corrected chi connectivity index (χ4v) is 3.73. The van der Waals surface area contributed by atoms with Crippen LogP contribution in [0.4, 0.5) is 5.82 Å². The van der Waals surface area contributed by atoms with Gasteiger partial charge in [0.25, 0.3) is 0 Å². The molecule has 154 valence electrons. The lowest BCUT2D eigenvalue weighted by Crippen LogP contribution is -2.18. The Morgan fingerprint density at radius 1 is 1.07 bits per heavy atom. The lowest BCUT2D eigenvalue weighted by molar-refractivity contribution is 0.397. The van der Waals surface area contributed by atoms with Gasteiger partial charge >= 0.3 is 0 Å². The summed E-state index contributed by atoms with van der Waals surface area (Å²) >= 11 is 0. The highest BCUT2D eigenvalue weighted by Crippen LogP contribution is 2.31. The van der Waals surface area contributed by atoms with Crippen molar-refractivity contribution in [3.8, 4) is 17.0 Å². The minimum absolute atomic E-state index is 0.350. The summed E-state index contributed by atoms with van der Waals surface area (Å²) in [5.41, 5.74) is 4.27. The molecule has 0 aliphatic heterocycles. The SMILES string of the molecule is COc1ccccc1[C@H](C)C(C)CNc1cc(-c2ccc3c(cnn3C)c2)ncn1. The van der Waals surface area contributed by atoms with Gasteiger partial charge in [-0.25, -0.2) is 9.97 Å². The Morgan fingerprint density at radius 2 is 1.90 bits per heavy atom. The summed E-state index contributed by atoms with van der Waals surface area (Å²) in [7, 11) is 3.67. The van der Waals surface area contributed by atoms with E-state index in [0.29, 0.717) is 11.8 Å². The Labute approximate surface area is 176 Å². The largest absolute Gasteiger partial charge is 0.496 e. The molecule has 0 spiro atoms. The van der Waals surface area contributed by atoms with Crippen LogP contribution in [0, 0.1) is 5.92 Å². The molecule has 0 fully saturated rings. The molecule has 0 saturated carbocycles. The number of anilines is 1.